The molecule has 4 rings (SSSR count). The van der Waals surface area contributed by atoms with E-state index in [2.05, 4.69) is 20.5 Å². The molecule has 2 aromatic carbocycles. The normalized spacial score (nSPS) is 10.7. The van der Waals surface area contributed by atoms with Crippen molar-refractivity contribution in [1.29, 1.82) is 0 Å². The van der Waals surface area contributed by atoms with E-state index in [1.54, 1.807) is 35.9 Å². The summed E-state index contributed by atoms with van der Waals surface area (Å²) in [5.74, 6) is 1.01. The van der Waals surface area contributed by atoms with Gasteiger partial charge in [-0.15, -0.1) is 0 Å². The van der Waals surface area contributed by atoms with Crippen LogP contribution in [0.3, 0.4) is 0 Å². The number of hydrogen-bond acceptors (Lipinski definition) is 5. The molecule has 0 unspecified atom stereocenters. The van der Waals surface area contributed by atoms with Crippen LogP contribution in [-0.2, 0) is 13.6 Å². The SMILES string of the molecule is COc1ccc(-c2cc(C(=O)NCc3ncn(C)n3)nn2-c2ccccc2)cc1. The third-order valence-corrected chi connectivity index (χ3v) is 4.38. The molecule has 0 aliphatic heterocycles. The molecule has 8 heteroatoms. The zero-order valence-corrected chi connectivity index (χ0v) is 16.1. The van der Waals surface area contributed by atoms with E-state index in [0.717, 1.165) is 22.7 Å². The maximum absolute atomic E-state index is 12.7. The minimum atomic E-state index is -0.290. The molecule has 0 aliphatic rings. The van der Waals surface area contributed by atoms with Crippen LogP contribution in [0.5, 0.6) is 5.75 Å². The van der Waals surface area contributed by atoms with Crippen molar-refractivity contribution < 1.29 is 9.53 Å². The van der Waals surface area contributed by atoms with Crippen LogP contribution in [-0.4, -0.2) is 37.6 Å². The third kappa shape index (κ3) is 4.01. The van der Waals surface area contributed by atoms with E-state index < -0.39 is 0 Å². The van der Waals surface area contributed by atoms with Gasteiger partial charge in [-0.2, -0.15) is 10.2 Å². The summed E-state index contributed by atoms with van der Waals surface area (Å²) in [5, 5.41) is 11.5. The number of ether oxygens (including phenoxy) is 1. The van der Waals surface area contributed by atoms with Crippen molar-refractivity contribution in [3.8, 4) is 22.7 Å². The van der Waals surface area contributed by atoms with Gasteiger partial charge in [-0.25, -0.2) is 9.67 Å². The first kappa shape index (κ1) is 18.4. The molecular weight excluding hydrogens is 368 g/mol. The van der Waals surface area contributed by atoms with Gasteiger partial charge in [0.2, 0.25) is 0 Å². The minimum Gasteiger partial charge on any atom is -0.497 e. The number of aromatic nitrogens is 5. The average Bonchev–Trinajstić information content (AvgIpc) is 3.39. The van der Waals surface area contributed by atoms with Crippen LogP contribution >= 0.6 is 0 Å². The molecule has 146 valence electrons. The van der Waals surface area contributed by atoms with Crippen LogP contribution in [0.1, 0.15) is 16.3 Å². The Morgan fingerprint density at radius 2 is 1.83 bits per heavy atom. The summed E-state index contributed by atoms with van der Waals surface area (Å²) < 4.78 is 8.59. The molecule has 0 atom stereocenters. The van der Waals surface area contributed by atoms with Gasteiger partial charge in [-0.1, -0.05) is 18.2 Å². The second-order valence-electron chi connectivity index (χ2n) is 6.41. The highest BCUT2D eigenvalue weighted by molar-refractivity contribution is 5.93. The number of benzene rings is 2. The Morgan fingerprint density at radius 1 is 1.07 bits per heavy atom. The molecule has 0 bridgehead atoms. The highest BCUT2D eigenvalue weighted by Crippen LogP contribution is 2.26. The zero-order valence-electron chi connectivity index (χ0n) is 16.1. The quantitative estimate of drug-likeness (QED) is 0.549. The van der Waals surface area contributed by atoms with E-state index in [1.165, 1.54) is 0 Å². The molecule has 8 nitrogen and oxygen atoms in total. The Kier molecular flexibility index (Phi) is 5.07. The molecule has 0 saturated heterocycles. The lowest BCUT2D eigenvalue weighted by Gasteiger charge is -2.08. The second-order valence-corrected chi connectivity index (χ2v) is 6.41. The fourth-order valence-electron chi connectivity index (χ4n) is 2.94. The molecule has 0 aliphatic carbocycles. The molecular formula is C21H20N6O2. The minimum absolute atomic E-state index is 0.232. The number of aryl methyl sites for hydroxylation is 1. The number of nitrogens with zero attached hydrogens (tertiary/aromatic N) is 5. The van der Waals surface area contributed by atoms with E-state index in [-0.39, 0.29) is 12.5 Å². The van der Waals surface area contributed by atoms with Crippen LogP contribution in [0.15, 0.2) is 67.0 Å². The van der Waals surface area contributed by atoms with Crippen LogP contribution in [0.2, 0.25) is 0 Å². The van der Waals surface area contributed by atoms with Crippen molar-refractivity contribution in [2.24, 2.45) is 7.05 Å². The number of methoxy groups -OCH3 is 1. The highest BCUT2D eigenvalue weighted by atomic mass is 16.5. The van der Waals surface area contributed by atoms with Crippen LogP contribution in [0.25, 0.3) is 16.9 Å². The van der Waals surface area contributed by atoms with E-state index in [9.17, 15) is 4.79 Å². The highest BCUT2D eigenvalue weighted by Gasteiger charge is 2.17. The fraction of sp³-hybridized carbons (Fsp3) is 0.143. The summed E-state index contributed by atoms with van der Waals surface area (Å²) in [6.45, 7) is 0.232. The Bertz CT molecular complexity index is 1120. The Morgan fingerprint density at radius 3 is 2.48 bits per heavy atom. The molecule has 0 saturated carbocycles. The van der Waals surface area contributed by atoms with E-state index in [0.29, 0.717) is 11.5 Å². The van der Waals surface area contributed by atoms with Gasteiger partial charge in [0.05, 0.1) is 25.0 Å². The van der Waals surface area contributed by atoms with Crippen LogP contribution < -0.4 is 10.1 Å². The Balaban J connectivity index is 1.66. The van der Waals surface area contributed by atoms with Gasteiger partial charge in [0.1, 0.15) is 12.1 Å². The summed E-state index contributed by atoms with van der Waals surface area (Å²) in [4.78, 5) is 16.8. The standard InChI is InChI=1S/C21H20N6O2/c1-26-14-23-20(25-26)13-22-21(28)18-12-19(15-8-10-17(29-2)11-9-15)27(24-18)16-6-4-3-5-7-16/h3-12,14H,13H2,1-2H3,(H,22,28). The average molecular weight is 388 g/mol. The van der Waals surface area contributed by atoms with Gasteiger partial charge in [0, 0.05) is 12.6 Å². The first-order chi connectivity index (χ1) is 14.1. The first-order valence-electron chi connectivity index (χ1n) is 9.06. The largest absolute Gasteiger partial charge is 0.497 e. The summed E-state index contributed by atoms with van der Waals surface area (Å²) in [6, 6.07) is 19.1. The number of carbonyl (C=O) groups is 1. The number of para-hydroxylation sites is 1. The molecule has 1 N–H and O–H groups in total. The van der Waals surface area contributed by atoms with Crippen molar-refractivity contribution >= 4 is 5.91 Å². The number of nitrogens with one attached hydrogen (secondary N) is 1. The molecule has 4 aromatic rings. The number of carbonyl (C=O) groups excluding carboxylic acids is 1. The predicted molar refractivity (Wildman–Crippen MR) is 108 cm³/mol. The maximum Gasteiger partial charge on any atom is 0.272 e. The summed E-state index contributed by atoms with van der Waals surface area (Å²) in [5.41, 5.74) is 2.91. The smallest absolute Gasteiger partial charge is 0.272 e. The number of amides is 1. The van der Waals surface area contributed by atoms with Gasteiger partial charge in [-0.05, 0) is 42.5 Å². The summed E-state index contributed by atoms with van der Waals surface area (Å²) >= 11 is 0. The molecule has 29 heavy (non-hydrogen) atoms. The molecule has 1 amide bonds. The van der Waals surface area contributed by atoms with Gasteiger partial charge in [-0.3, -0.25) is 9.48 Å². The molecule has 0 fully saturated rings. The van der Waals surface area contributed by atoms with Crippen molar-refractivity contribution in [3.63, 3.8) is 0 Å². The van der Waals surface area contributed by atoms with Crippen molar-refractivity contribution in [2.45, 2.75) is 6.54 Å². The van der Waals surface area contributed by atoms with Gasteiger partial charge >= 0.3 is 0 Å². The lowest BCUT2D eigenvalue weighted by atomic mass is 10.1. The topological polar surface area (TPSA) is 86.9 Å². The Labute approximate surface area is 167 Å². The molecule has 2 heterocycles. The lowest BCUT2D eigenvalue weighted by molar-refractivity contribution is 0.0944. The van der Waals surface area contributed by atoms with Gasteiger partial charge < -0.3 is 10.1 Å². The molecule has 0 radical (unpaired) electrons. The van der Waals surface area contributed by atoms with Crippen molar-refractivity contribution in [2.75, 3.05) is 7.11 Å². The fourth-order valence-corrected chi connectivity index (χ4v) is 2.94. The Hall–Kier alpha value is -3.94. The van der Waals surface area contributed by atoms with Crippen molar-refractivity contribution in [3.05, 3.63) is 78.5 Å². The van der Waals surface area contributed by atoms with Crippen LogP contribution in [0.4, 0.5) is 0 Å². The monoisotopic (exact) mass is 388 g/mol. The molecule has 0 spiro atoms. The molecule has 2 aromatic heterocycles. The number of hydrogen-bond donors (Lipinski definition) is 1. The van der Waals surface area contributed by atoms with Crippen molar-refractivity contribution in [1.82, 2.24) is 29.9 Å². The van der Waals surface area contributed by atoms with E-state index >= 15 is 0 Å². The van der Waals surface area contributed by atoms with Gasteiger partial charge in [0.25, 0.3) is 5.91 Å². The van der Waals surface area contributed by atoms with E-state index in [1.807, 2.05) is 54.6 Å². The summed E-state index contributed by atoms with van der Waals surface area (Å²) in [6.07, 6.45) is 1.59. The second kappa shape index (κ2) is 7.97. The number of rotatable bonds is 6. The van der Waals surface area contributed by atoms with Crippen LogP contribution in [0, 0.1) is 0 Å². The van der Waals surface area contributed by atoms with E-state index in [4.69, 9.17) is 4.74 Å². The maximum atomic E-state index is 12.7. The third-order valence-electron chi connectivity index (χ3n) is 4.38. The predicted octanol–water partition coefficient (Wildman–Crippen LogP) is 2.61. The zero-order chi connectivity index (χ0) is 20.2. The summed E-state index contributed by atoms with van der Waals surface area (Å²) in [7, 11) is 3.41. The first-order valence-corrected chi connectivity index (χ1v) is 9.06. The van der Waals surface area contributed by atoms with Gasteiger partial charge in [0.15, 0.2) is 11.5 Å². The lowest BCUT2D eigenvalue weighted by Crippen LogP contribution is -2.24.